The van der Waals surface area contributed by atoms with Crippen molar-refractivity contribution < 1.29 is 13.2 Å². The van der Waals surface area contributed by atoms with Crippen molar-refractivity contribution in [3.8, 4) is 0 Å². The Morgan fingerprint density at radius 2 is 1.90 bits per heavy atom. The molecule has 21 heavy (non-hydrogen) atoms. The van der Waals surface area contributed by atoms with Crippen molar-refractivity contribution in [2.75, 3.05) is 10.7 Å². The lowest BCUT2D eigenvalue weighted by Gasteiger charge is -2.29. The topological polar surface area (TPSA) is 54.5 Å². The predicted molar refractivity (Wildman–Crippen MR) is 85.0 cm³/mol. The van der Waals surface area contributed by atoms with Gasteiger partial charge >= 0.3 is 0 Å². The second kappa shape index (κ2) is 5.64. The fraction of sp³-hybridized carbons (Fsp3) is 0.438. The molecular weight excluding hydrogens is 286 g/mol. The van der Waals surface area contributed by atoms with Crippen molar-refractivity contribution in [1.82, 2.24) is 0 Å². The average Bonchev–Trinajstić information content (AvgIpc) is 2.74. The van der Waals surface area contributed by atoms with E-state index in [4.69, 9.17) is 0 Å². The SMILES string of the molecule is Cc1ccc(N(C(=O)C(C)C)C2C=CS(=O)(=O)C2)cc1C. The van der Waals surface area contributed by atoms with Gasteiger partial charge in [0.25, 0.3) is 0 Å². The van der Waals surface area contributed by atoms with Crippen molar-refractivity contribution in [2.24, 2.45) is 5.92 Å². The molecule has 1 aromatic rings. The maximum atomic E-state index is 12.5. The maximum absolute atomic E-state index is 12.5. The Kier molecular flexibility index (Phi) is 4.23. The molecule has 114 valence electrons. The van der Waals surface area contributed by atoms with Crippen LogP contribution in [0.15, 0.2) is 29.7 Å². The molecular formula is C16H21NO3S. The summed E-state index contributed by atoms with van der Waals surface area (Å²) in [5, 5.41) is 1.21. The summed E-state index contributed by atoms with van der Waals surface area (Å²) in [6.07, 6.45) is 1.60. The number of rotatable bonds is 3. The Hall–Kier alpha value is -1.62. The highest BCUT2D eigenvalue weighted by Crippen LogP contribution is 2.26. The van der Waals surface area contributed by atoms with Crippen LogP contribution in [0.4, 0.5) is 5.69 Å². The zero-order valence-corrected chi connectivity index (χ0v) is 13.6. The number of hydrogen-bond donors (Lipinski definition) is 0. The summed E-state index contributed by atoms with van der Waals surface area (Å²) in [5.74, 6) is -0.299. The summed E-state index contributed by atoms with van der Waals surface area (Å²) in [6.45, 7) is 7.64. The highest BCUT2D eigenvalue weighted by molar-refractivity contribution is 7.94. The van der Waals surface area contributed by atoms with E-state index in [1.807, 2.05) is 45.9 Å². The molecule has 0 aromatic heterocycles. The van der Waals surface area contributed by atoms with E-state index in [0.29, 0.717) is 0 Å². The number of hydrogen-bond acceptors (Lipinski definition) is 3. The Balaban J connectivity index is 2.44. The van der Waals surface area contributed by atoms with Crippen molar-refractivity contribution in [3.63, 3.8) is 0 Å². The molecule has 1 amide bonds. The number of sulfone groups is 1. The Labute approximate surface area is 126 Å². The molecule has 1 aromatic carbocycles. The molecule has 1 unspecified atom stereocenters. The first-order valence-corrected chi connectivity index (χ1v) is 8.74. The van der Waals surface area contributed by atoms with Crippen LogP contribution in [0, 0.1) is 19.8 Å². The molecule has 0 saturated heterocycles. The number of anilines is 1. The first kappa shape index (κ1) is 15.8. The van der Waals surface area contributed by atoms with Crippen molar-refractivity contribution in [3.05, 3.63) is 40.8 Å². The summed E-state index contributed by atoms with van der Waals surface area (Å²) < 4.78 is 23.3. The van der Waals surface area contributed by atoms with E-state index in [1.165, 1.54) is 5.41 Å². The van der Waals surface area contributed by atoms with E-state index in [1.54, 1.807) is 11.0 Å². The summed E-state index contributed by atoms with van der Waals surface area (Å²) >= 11 is 0. The van der Waals surface area contributed by atoms with E-state index in [0.717, 1.165) is 16.8 Å². The lowest BCUT2D eigenvalue weighted by atomic mass is 10.1. The van der Waals surface area contributed by atoms with Crippen LogP contribution in [0.1, 0.15) is 25.0 Å². The van der Waals surface area contributed by atoms with Crippen LogP contribution in [0.3, 0.4) is 0 Å². The van der Waals surface area contributed by atoms with Gasteiger partial charge in [-0.2, -0.15) is 0 Å². The molecule has 1 atom stereocenters. The number of carbonyl (C=O) groups is 1. The van der Waals surface area contributed by atoms with Gasteiger partial charge in [-0.15, -0.1) is 0 Å². The van der Waals surface area contributed by atoms with Crippen LogP contribution in [0.2, 0.25) is 0 Å². The molecule has 0 N–H and O–H groups in total. The van der Waals surface area contributed by atoms with E-state index in [-0.39, 0.29) is 17.6 Å². The van der Waals surface area contributed by atoms with Gasteiger partial charge in [0, 0.05) is 17.0 Å². The van der Waals surface area contributed by atoms with Gasteiger partial charge in [-0.05, 0) is 43.2 Å². The lowest BCUT2D eigenvalue weighted by molar-refractivity contribution is -0.121. The minimum absolute atomic E-state index is 0.0433. The average molecular weight is 307 g/mol. The fourth-order valence-electron chi connectivity index (χ4n) is 2.36. The number of amides is 1. The van der Waals surface area contributed by atoms with Gasteiger partial charge in [-0.25, -0.2) is 8.42 Å². The van der Waals surface area contributed by atoms with Gasteiger partial charge in [0.1, 0.15) is 0 Å². The minimum Gasteiger partial charge on any atom is -0.304 e. The molecule has 0 aliphatic carbocycles. The van der Waals surface area contributed by atoms with Crippen LogP contribution in [0.25, 0.3) is 0 Å². The molecule has 0 radical (unpaired) electrons. The van der Waals surface area contributed by atoms with Crippen LogP contribution >= 0.6 is 0 Å². The Morgan fingerprint density at radius 1 is 1.24 bits per heavy atom. The van der Waals surface area contributed by atoms with Gasteiger partial charge < -0.3 is 4.90 Å². The molecule has 1 aliphatic rings. The molecule has 1 aliphatic heterocycles. The normalized spacial score (nSPS) is 20.0. The van der Waals surface area contributed by atoms with Crippen LogP contribution in [-0.2, 0) is 14.6 Å². The maximum Gasteiger partial charge on any atom is 0.230 e. The quantitative estimate of drug-likeness (QED) is 0.862. The van der Waals surface area contributed by atoms with Crippen LogP contribution < -0.4 is 4.90 Å². The van der Waals surface area contributed by atoms with Gasteiger partial charge in [-0.1, -0.05) is 19.9 Å². The highest BCUT2D eigenvalue weighted by Gasteiger charge is 2.32. The number of benzene rings is 1. The van der Waals surface area contributed by atoms with Crippen molar-refractivity contribution >= 4 is 21.4 Å². The molecule has 2 rings (SSSR count). The molecule has 0 saturated carbocycles. The summed E-state index contributed by atoms with van der Waals surface area (Å²) in [4.78, 5) is 14.1. The van der Waals surface area contributed by atoms with Gasteiger partial charge in [-0.3, -0.25) is 4.79 Å². The zero-order chi connectivity index (χ0) is 15.8. The Bertz CT molecular complexity index is 689. The third-order valence-corrected chi connectivity index (χ3v) is 5.12. The van der Waals surface area contributed by atoms with Gasteiger partial charge in [0.2, 0.25) is 5.91 Å². The molecule has 0 bridgehead atoms. The third kappa shape index (κ3) is 3.35. The van der Waals surface area contributed by atoms with Gasteiger partial charge in [0.05, 0.1) is 11.8 Å². The van der Waals surface area contributed by atoms with Crippen molar-refractivity contribution in [2.45, 2.75) is 33.7 Å². The third-order valence-electron chi connectivity index (χ3n) is 3.74. The summed E-state index contributed by atoms with van der Waals surface area (Å²) in [5.41, 5.74) is 2.98. The standard InChI is InChI=1S/C16H21NO3S/c1-11(2)16(18)17(15-7-8-21(19,20)10-15)14-6-5-12(3)13(4)9-14/h5-9,11,15H,10H2,1-4H3. The van der Waals surface area contributed by atoms with Gasteiger partial charge in [0.15, 0.2) is 9.84 Å². The number of nitrogens with zero attached hydrogens (tertiary/aromatic N) is 1. The van der Waals surface area contributed by atoms with E-state index < -0.39 is 15.9 Å². The molecule has 5 heteroatoms. The monoisotopic (exact) mass is 307 g/mol. The first-order chi connectivity index (χ1) is 9.71. The number of aryl methyl sites for hydroxylation is 2. The zero-order valence-electron chi connectivity index (χ0n) is 12.8. The van der Waals surface area contributed by atoms with Crippen LogP contribution in [-0.4, -0.2) is 26.1 Å². The lowest BCUT2D eigenvalue weighted by Crippen LogP contribution is -2.43. The predicted octanol–water partition coefficient (Wildman–Crippen LogP) is 2.60. The molecule has 0 spiro atoms. The van der Waals surface area contributed by atoms with E-state index in [2.05, 4.69) is 0 Å². The van der Waals surface area contributed by atoms with E-state index in [9.17, 15) is 13.2 Å². The van der Waals surface area contributed by atoms with E-state index >= 15 is 0 Å². The van der Waals surface area contributed by atoms with Crippen LogP contribution in [0.5, 0.6) is 0 Å². The first-order valence-electron chi connectivity index (χ1n) is 7.02. The summed E-state index contributed by atoms with van der Waals surface area (Å²) in [7, 11) is -3.20. The minimum atomic E-state index is -3.20. The second-order valence-electron chi connectivity index (χ2n) is 5.86. The number of carbonyl (C=O) groups excluding carboxylic acids is 1. The smallest absolute Gasteiger partial charge is 0.230 e. The van der Waals surface area contributed by atoms with Crippen molar-refractivity contribution in [1.29, 1.82) is 0 Å². The Morgan fingerprint density at radius 3 is 2.38 bits per heavy atom. The fourth-order valence-corrected chi connectivity index (χ4v) is 3.62. The largest absolute Gasteiger partial charge is 0.304 e. The molecule has 1 heterocycles. The highest BCUT2D eigenvalue weighted by atomic mass is 32.2. The molecule has 0 fully saturated rings. The second-order valence-corrected chi connectivity index (χ2v) is 7.79. The molecule has 4 nitrogen and oxygen atoms in total. The summed E-state index contributed by atoms with van der Waals surface area (Å²) in [6, 6.07) is 5.35.